The largest absolute Gasteiger partial charge is 0.417 e. The Morgan fingerprint density at radius 2 is 1.50 bits per heavy atom. The SMILES string of the molecule is C.FC(F)(F)C1NCCN1. The molecule has 62 valence electrons. The first kappa shape index (κ1) is 9.71. The summed E-state index contributed by atoms with van der Waals surface area (Å²) in [6, 6.07) is 0. The van der Waals surface area contributed by atoms with Crippen molar-refractivity contribution in [1.29, 1.82) is 0 Å². The lowest BCUT2D eigenvalue weighted by Gasteiger charge is -2.13. The quantitative estimate of drug-likeness (QED) is 0.539. The van der Waals surface area contributed by atoms with Gasteiger partial charge >= 0.3 is 6.18 Å². The molecule has 1 rings (SSSR count). The van der Waals surface area contributed by atoms with E-state index in [0.717, 1.165) is 0 Å². The standard InChI is InChI=1S/C4H7F3N2.CH4/c5-4(6,7)3-8-1-2-9-3;/h3,8-9H,1-2H2;1H4. The molecule has 1 saturated heterocycles. The van der Waals surface area contributed by atoms with Crippen molar-refractivity contribution in [3.8, 4) is 0 Å². The van der Waals surface area contributed by atoms with E-state index in [-0.39, 0.29) is 7.43 Å². The van der Waals surface area contributed by atoms with Gasteiger partial charge in [0.2, 0.25) is 0 Å². The summed E-state index contributed by atoms with van der Waals surface area (Å²) in [7, 11) is 0. The summed E-state index contributed by atoms with van der Waals surface area (Å²) in [5.74, 6) is 0. The number of alkyl halides is 3. The van der Waals surface area contributed by atoms with Crippen LogP contribution in [0.25, 0.3) is 0 Å². The molecule has 0 atom stereocenters. The van der Waals surface area contributed by atoms with Crippen LogP contribution < -0.4 is 10.6 Å². The van der Waals surface area contributed by atoms with E-state index < -0.39 is 12.3 Å². The minimum absolute atomic E-state index is 0. The van der Waals surface area contributed by atoms with Gasteiger partial charge in [-0.3, -0.25) is 10.6 Å². The fourth-order valence-electron chi connectivity index (χ4n) is 0.737. The highest BCUT2D eigenvalue weighted by Gasteiger charge is 2.40. The van der Waals surface area contributed by atoms with Crippen LogP contribution in [0.5, 0.6) is 0 Å². The van der Waals surface area contributed by atoms with Crippen molar-refractivity contribution in [3.05, 3.63) is 0 Å². The number of halogens is 3. The summed E-state index contributed by atoms with van der Waals surface area (Å²) >= 11 is 0. The molecule has 2 N–H and O–H groups in total. The predicted octanol–water partition coefficient (Wildman–Crippen LogP) is 0.704. The number of nitrogens with one attached hydrogen (secondary N) is 2. The van der Waals surface area contributed by atoms with Crippen molar-refractivity contribution in [2.24, 2.45) is 0 Å². The second kappa shape index (κ2) is 3.21. The topological polar surface area (TPSA) is 24.1 Å². The molecule has 1 heterocycles. The van der Waals surface area contributed by atoms with Gasteiger partial charge in [-0.15, -0.1) is 0 Å². The third-order valence-electron chi connectivity index (χ3n) is 1.15. The molecule has 0 aromatic carbocycles. The van der Waals surface area contributed by atoms with Crippen LogP contribution in [0.1, 0.15) is 7.43 Å². The summed E-state index contributed by atoms with van der Waals surface area (Å²) in [5, 5.41) is 4.52. The average Bonchev–Trinajstić information content (AvgIpc) is 2.08. The third kappa shape index (κ3) is 2.15. The van der Waals surface area contributed by atoms with Gasteiger partial charge in [0.15, 0.2) is 6.17 Å². The Balaban J connectivity index is 0.000000810. The van der Waals surface area contributed by atoms with Crippen molar-refractivity contribution in [2.75, 3.05) is 13.1 Å². The van der Waals surface area contributed by atoms with Crippen LogP contribution in [-0.4, -0.2) is 25.4 Å². The lowest BCUT2D eigenvalue weighted by atomic mass is 10.5. The monoisotopic (exact) mass is 156 g/mol. The molecule has 1 aliphatic rings. The van der Waals surface area contributed by atoms with Crippen LogP contribution in [-0.2, 0) is 0 Å². The van der Waals surface area contributed by atoms with Gasteiger partial charge in [-0.25, -0.2) is 0 Å². The highest BCUT2D eigenvalue weighted by atomic mass is 19.4. The predicted molar refractivity (Wildman–Crippen MR) is 32.6 cm³/mol. The molecular formula is C5H11F3N2. The maximum atomic E-state index is 11.6. The van der Waals surface area contributed by atoms with Gasteiger partial charge in [0, 0.05) is 13.1 Å². The summed E-state index contributed by atoms with van der Waals surface area (Å²) in [4.78, 5) is 0. The van der Waals surface area contributed by atoms with E-state index >= 15 is 0 Å². The van der Waals surface area contributed by atoms with Crippen LogP contribution in [0.4, 0.5) is 13.2 Å². The molecule has 10 heavy (non-hydrogen) atoms. The first-order valence-electron chi connectivity index (χ1n) is 2.64. The first-order chi connectivity index (χ1) is 4.11. The summed E-state index contributed by atoms with van der Waals surface area (Å²) < 4.78 is 34.9. The molecule has 0 bridgehead atoms. The van der Waals surface area contributed by atoms with Crippen molar-refractivity contribution in [1.82, 2.24) is 10.6 Å². The van der Waals surface area contributed by atoms with Crippen LogP contribution in [0, 0.1) is 0 Å². The van der Waals surface area contributed by atoms with E-state index in [4.69, 9.17) is 0 Å². The first-order valence-corrected chi connectivity index (χ1v) is 2.64. The van der Waals surface area contributed by atoms with Gasteiger partial charge in [-0.05, 0) is 0 Å². The lowest BCUT2D eigenvalue weighted by molar-refractivity contribution is -0.156. The van der Waals surface area contributed by atoms with Crippen molar-refractivity contribution < 1.29 is 13.2 Å². The molecule has 1 fully saturated rings. The smallest absolute Gasteiger partial charge is 0.293 e. The van der Waals surface area contributed by atoms with E-state index in [1.54, 1.807) is 0 Å². The van der Waals surface area contributed by atoms with Gasteiger partial charge in [0.05, 0.1) is 0 Å². The second-order valence-electron chi connectivity index (χ2n) is 1.88. The normalized spacial score (nSPS) is 20.7. The Bertz CT molecular complexity index is 95.6. The van der Waals surface area contributed by atoms with Crippen LogP contribution in [0.15, 0.2) is 0 Å². The molecule has 0 aromatic rings. The molecule has 1 aliphatic heterocycles. The number of rotatable bonds is 0. The Kier molecular flexibility index (Phi) is 3.11. The molecule has 0 aromatic heterocycles. The third-order valence-corrected chi connectivity index (χ3v) is 1.15. The maximum absolute atomic E-state index is 11.6. The molecule has 0 aliphatic carbocycles. The van der Waals surface area contributed by atoms with Gasteiger partial charge in [-0.2, -0.15) is 13.2 Å². The van der Waals surface area contributed by atoms with E-state index in [9.17, 15) is 13.2 Å². The summed E-state index contributed by atoms with van der Waals surface area (Å²) in [6.45, 7) is 0.786. The zero-order valence-corrected chi connectivity index (χ0v) is 4.63. The summed E-state index contributed by atoms with van der Waals surface area (Å²) in [5.41, 5.74) is 0. The Hall–Kier alpha value is -0.290. The average molecular weight is 156 g/mol. The van der Waals surface area contributed by atoms with Gasteiger partial charge in [0.1, 0.15) is 0 Å². The van der Waals surface area contributed by atoms with Gasteiger partial charge in [0.25, 0.3) is 0 Å². The molecule has 2 nitrogen and oxygen atoms in total. The highest BCUT2D eigenvalue weighted by Crippen LogP contribution is 2.19. The number of hydrogen-bond acceptors (Lipinski definition) is 2. The van der Waals surface area contributed by atoms with Crippen molar-refractivity contribution in [2.45, 2.75) is 19.8 Å². The Labute approximate surface area is 57.8 Å². The Morgan fingerprint density at radius 3 is 1.70 bits per heavy atom. The molecule has 0 unspecified atom stereocenters. The van der Waals surface area contributed by atoms with Crippen LogP contribution >= 0.6 is 0 Å². The van der Waals surface area contributed by atoms with Crippen molar-refractivity contribution in [3.63, 3.8) is 0 Å². The van der Waals surface area contributed by atoms with E-state index in [1.165, 1.54) is 0 Å². The zero-order chi connectivity index (χ0) is 6.91. The summed E-state index contributed by atoms with van der Waals surface area (Å²) in [6.07, 6.45) is -5.63. The van der Waals surface area contributed by atoms with Gasteiger partial charge < -0.3 is 0 Å². The van der Waals surface area contributed by atoms with E-state index in [2.05, 4.69) is 10.6 Å². The molecule has 0 amide bonds. The minimum Gasteiger partial charge on any atom is -0.293 e. The Morgan fingerprint density at radius 1 is 1.10 bits per heavy atom. The zero-order valence-electron chi connectivity index (χ0n) is 4.63. The highest BCUT2D eigenvalue weighted by molar-refractivity contribution is 4.78. The second-order valence-corrected chi connectivity index (χ2v) is 1.88. The minimum atomic E-state index is -4.14. The fraction of sp³-hybridized carbons (Fsp3) is 1.00. The van der Waals surface area contributed by atoms with Crippen LogP contribution in [0.3, 0.4) is 0 Å². The molecule has 0 spiro atoms. The lowest BCUT2D eigenvalue weighted by Crippen LogP contribution is -2.44. The molecular weight excluding hydrogens is 145 g/mol. The molecule has 5 heteroatoms. The van der Waals surface area contributed by atoms with Crippen molar-refractivity contribution >= 4 is 0 Å². The number of hydrogen-bond donors (Lipinski definition) is 2. The van der Waals surface area contributed by atoms with E-state index in [1.807, 2.05) is 0 Å². The maximum Gasteiger partial charge on any atom is 0.417 e. The van der Waals surface area contributed by atoms with Crippen LogP contribution in [0.2, 0.25) is 0 Å². The molecule has 0 radical (unpaired) electrons. The van der Waals surface area contributed by atoms with Gasteiger partial charge in [-0.1, -0.05) is 7.43 Å². The van der Waals surface area contributed by atoms with E-state index in [0.29, 0.717) is 13.1 Å². The molecule has 0 saturated carbocycles. The fourth-order valence-corrected chi connectivity index (χ4v) is 0.737.